The molecule has 106 valence electrons. The fourth-order valence-electron chi connectivity index (χ4n) is 1.44. The zero-order valence-electron chi connectivity index (χ0n) is 10.4. The molecule has 1 heterocycles. The van der Waals surface area contributed by atoms with Crippen molar-refractivity contribution < 1.29 is 9.32 Å². The van der Waals surface area contributed by atoms with E-state index in [9.17, 15) is 9.59 Å². The lowest BCUT2D eigenvalue weighted by Crippen LogP contribution is -2.27. The summed E-state index contributed by atoms with van der Waals surface area (Å²) in [7, 11) is 0. The van der Waals surface area contributed by atoms with Crippen molar-refractivity contribution in [2.24, 2.45) is 0 Å². The van der Waals surface area contributed by atoms with Crippen LogP contribution in [0.3, 0.4) is 0 Å². The molecule has 20 heavy (non-hydrogen) atoms. The van der Waals surface area contributed by atoms with Crippen LogP contribution in [-0.2, 0) is 11.2 Å². The Morgan fingerprint density at radius 3 is 2.95 bits per heavy atom. The lowest BCUT2D eigenvalue weighted by atomic mass is 10.4. The molecule has 1 amide bonds. The highest BCUT2D eigenvalue weighted by Gasteiger charge is 2.06. The second kappa shape index (κ2) is 7.16. The highest BCUT2D eigenvalue weighted by atomic mass is 35.5. The quantitative estimate of drug-likeness (QED) is 0.788. The Bertz CT molecular complexity index is 641. The summed E-state index contributed by atoms with van der Waals surface area (Å²) in [5.41, 5.74) is 0. The van der Waals surface area contributed by atoms with Gasteiger partial charge in [0.2, 0.25) is 5.91 Å². The molecule has 0 aliphatic heterocycles. The van der Waals surface area contributed by atoms with Crippen molar-refractivity contribution in [2.45, 2.75) is 11.3 Å². The number of thioether (sulfide) groups is 1. The van der Waals surface area contributed by atoms with E-state index >= 15 is 0 Å². The zero-order chi connectivity index (χ0) is 14.4. The minimum Gasteiger partial charge on any atom is -0.355 e. The van der Waals surface area contributed by atoms with Gasteiger partial charge in [-0.15, -0.1) is 11.8 Å². The predicted octanol–water partition coefficient (Wildman–Crippen LogP) is 1.47. The van der Waals surface area contributed by atoms with E-state index < -0.39 is 5.76 Å². The monoisotopic (exact) mass is 313 g/mol. The molecule has 2 N–H and O–H groups in total. The first kappa shape index (κ1) is 14.7. The summed E-state index contributed by atoms with van der Waals surface area (Å²) < 4.78 is 4.35. The Kier molecular flexibility index (Phi) is 5.25. The predicted molar refractivity (Wildman–Crippen MR) is 76.0 cm³/mol. The molecule has 6 nitrogen and oxygen atoms in total. The van der Waals surface area contributed by atoms with Gasteiger partial charge in [0.1, 0.15) is 0 Å². The largest absolute Gasteiger partial charge is 0.438 e. The minimum atomic E-state index is -0.597. The van der Waals surface area contributed by atoms with Crippen LogP contribution in [0.5, 0.6) is 0 Å². The summed E-state index contributed by atoms with van der Waals surface area (Å²) in [6, 6.07) is 7.35. The van der Waals surface area contributed by atoms with Crippen molar-refractivity contribution in [3.05, 3.63) is 45.7 Å². The van der Waals surface area contributed by atoms with Crippen molar-refractivity contribution in [3.8, 4) is 0 Å². The molecule has 0 saturated carbocycles. The number of aromatic nitrogens is 2. The average Bonchev–Trinajstić information content (AvgIpc) is 2.83. The number of halogens is 1. The molecule has 2 aromatic rings. The molecule has 0 aliphatic rings. The number of amides is 1. The Hall–Kier alpha value is -1.73. The number of carbonyl (C=O) groups is 1. The molecular formula is C12H12ClN3O3S. The number of hydrogen-bond donors (Lipinski definition) is 2. The normalized spacial score (nSPS) is 10.4. The van der Waals surface area contributed by atoms with Gasteiger partial charge in [-0.05, 0) is 12.1 Å². The molecule has 0 atom stereocenters. The third kappa shape index (κ3) is 4.43. The number of aromatic amines is 1. The fraction of sp³-hybridized carbons (Fsp3) is 0.250. The molecule has 1 aromatic heterocycles. The van der Waals surface area contributed by atoms with Crippen molar-refractivity contribution >= 4 is 29.3 Å². The van der Waals surface area contributed by atoms with Crippen LogP contribution in [0.25, 0.3) is 0 Å². The summed E-state index contributed by atoms with van der Waals surface area (Å²) >= 11 is 7.36. The van der Waals surface area contributed by atoms with E-state index in [0.29, 0.717) is 23.8 Å². The van der Waals surface area contributed by atoms with E-state index in [1.54, 1.807) is 6.07 Å². The van der Waals surface area contributed by atoms with Gasteiger partial charge in [-0.25, -0.2) is 4.79 Å². The summed E-state index contributed by atoms with van der Waals surface area (Å²) in [5.74, 6) is -0.0191. The first-order valence-electron chi connectivity index (χ1n) is 5.84. The van der Waals surface area contributed by atoms with Crippen LogP contribution >= 0.6 is 23.4 Å². The Morgan fingerprint density at radius 2 is 2.25 bits per heavy atom. The molecule has 1 aromatic carbocycles. The first-order valence-corrected chi connectivity index (χ1v) is 7.20. The second-order valence-corrected chi connectivity index (χ2v) is 5.29. The molecular weight excluding hydrogens is 302 g/mol. The third-order valence-corrected chi connectivity index (χ3v) is 3.88. The smallest absolute Gasteiger partial charge is 0.355 e. The number of hydrogen-bond acceptors (Lipinski definition) is 5. The number of carbonyl (C=O) groups excluding carboxylic acids is 1. The van der Waals surface area contributed by atoms with E-state index in [4.69, 9.17) is 11.6 Å². The van der Waals surface area contributed by atoms with Crippen LogP contribution in [0.2, 0.25) is 5.02 Å². The fourth-order valence-corrected chi connectivity index (χ4v) is 2.51. The van der Waals surface area contributed by atoms with E-state index in [1.165, 1.54) is 11.8 Å². The molecule has 0 radical (unpaired) electrons. The second-order valence-electron chi connectivity index (χ2n) is 3.86. The van der Waals surface area contributed by atoms with Gasteiger partial charge >= 0.3 is 5.76 Å². The van der Waals surface area contributed by atoms with E-state index in [-0.39, 0.29) is 11.7 Å². The van der Waals surface area contributed by atoms with Crippen LogP contribution in [-0.4, -0.2) is 28.3 Å². The topological polar surface area (TPSA) is 88.0 Å². The van der Waals surface area contributed by atoms with Crippen LogP contribution in [0, 0.1) is 0 Å². The molecule has 0 saturated heterocycles. The van der Waals surface area contributed by atoms with Crippen LogP contribution in [0.15, 0.2) is 38.5 Å². The lowest BCUT2D eigenvalue weighted by Gasteiger charge is -2.05. The molecule has 0 spiro atoms. The Labute approximate surface area is 123 Å². The number of benzene rings is 1. The highest BCUT2D eigenvalue weighted by Crippen LogP contribution is 2.26. The van der Waals surface area contributed by atoms with Crippen molar-refractivity contribution in [1.29, 1.82) is 0 Å². The van der Waals surface area contributed by atoms with Crippen molar-refractivity contribution in [2.75, 3.05) is 12.3 Å². The Balaban J connectivity index is 1.71. The van der Waals surface area contributed by atoms with Crippen LogP contribution in [0.4, 0.5) is 0 Å². The van der Waals surface area contributed by atoms with E-state index in [1.807, 2.05) is 18.2 Å². The molecule has 0 aliphatic carbocycles. The maximum Gasteiger partial charge on any atom is 0.438 e. The van der Waals surface area contributed by atoms with Gasteiger partial charge in [0.25, 0.3) is 0 Å². The minimum absolute atomic E-state index is 0.110. The van der Waals surface area contributed by atoms with Crippen molar-refractivity contribution in [3.63, 3.8) is 0 Å². The molecule has 8 heteroatoms. The third-order valence-electron chi connectivity index (χ3n) is 2.36. The van der Waals surface area contributed by atoms with Gasteiger partial charge in [0.05, 0.1) is 10.8 Å². The molecule has 0 unspecified atom stereocenters. The molecule has 2 rings (SSSR count). The average molecular weight is 314 g/mol. The number of nitrogens with zero attached hydrogens (tertiary/aromatic N) is 1. The zero-order valence-corrected chi connectivity index (χ0v) is 12.0. The summed E-state index contributed by atoms with van der Waals surface area (Å²) in [4.78, 5) is 25.6. The molecule has 0 fully saturated rings. The van der Waals surface area contributed by atoms with Gasteiger partial charge < -0.3 is 5.32 Å². The van der Waals surface area contributed by atoms with E-state index in [2.05, 4.69) is 20.0 Å². The van der Waals surface area contributed by atoms with Crippen molar-refractivity contribution in [1.82, 2.24) is 15.5 Å². The van der Waals surface area contributed by atoms with Gasteiger partial charge in [-0.2, -0.15) is 0 Å². The van der Waals surface area contributed by atoms with Gasteiger partial charge in [0.15, 0.2) is 5.82 Å². The van der Waals surface area contributed by atoms with Crippen LogP contribution < -0.4 is 11.1 Å². The molecule has 0 bridgehead atoms. The number of H-pyrrole nitrogens is 1. The summed E-state index contributed by atoms with van der Waals surface area (Å²) in [6.07, 6.45) is 0.411. The maximum absolute atomic E-state index is 11.6. The Morgan fingerprint density at radius 1 is 1.45 bits per heavy atom. The van der Waals surface area contributed by atoms with Gasteiger partial charge in [0, 0.05) is 17.9 Å². The van der Waals surface area contributed by atoms with Crippen LogP contribution in [0.1, 0.15) is 5.82 Å². The standard InChI is InChI=1S/C12H12ClN3O3S/c13-8-3-1-2-4-9(8)20-7-11(17)14-6-5-10-15-12(18)19-16-10/h1-4H,5-7H2,(H,14,17)(H,15,16,18). The lowest BCUT2D eigenvalue weighted by molar-refractivity contribution is -0.118. The summed E-state index contributed by atoms with van der Waals surface area (Å²) in [5, 5.41) is 6.85. The first-order chi connectivity index (χ1) is 9.65. The SMILES string of the molecule is O=C(CSc1ccccc1Cl)NCCc1noc(=O)[nH]1. The van der Waals surface area contributed by atoms with Gasteiger partial charge in [-0.1, -0.05) is 28.9 Å². The van der Waals surface area contributed by atoms with Gasteiger partial charge in [-0.3, -0.25) is 14.3 Å². The number of rotatable bonds is 6. The maximum atomic E-state index is 11.6. The number of nitrogens with one attached hydrogen (secondary N) is 2. The summed E-state index contributed by atoms with van der Waals surface area (Å²) in [6.45, 7) is 0.379. The van der Waals surface area contributed by atoms with E-state index in [0.717, 1.165) is 4.90 Å². The highest BCUT2D eigenvalue weighted by molar-refractivity contribution is 8.00.